The number of nitrogens with zero attached hydrogens (tertiary/aromatic N) is 3. The molecule has 0 fully saturated rings. The lowest BCUT2D eigenvalue weighted by atomic mass is 10.0. The van der Waals surface area contributed by atoms with Crippen LogP contribution in [0.5, 0.6) is 0 Å². The third-order valence-electron chi connectivity index (χ3n) is 3.97. The molecule has 0 aliphatic heterocycles. The van der Waals surface area contributed by atoms with E-state index >= 15 is 0 Å². The van der Waals surface area contributed by atoms with E-state index in [1.165, 1.54) is 11.3 Å². The summed E-state index contributed by atoms with van der Waals surface area (Å²) in [5.41, 5.74) is 2.44. The summed E-state index contributed by atoms with van der Waals surface area (Å²) in [7, 11) is 0. The third-order valence-corrected chi connectivity index (χ3v) is 5.36. The van der Waals surface area contributed by atoms with Crippen LogP contribution < -0.4 is 5.32 Å². The lowest BCUT2D eigenvalue weighted by Crippen LogP contribution is -2.21. The van der Waals surface area contributed by atoms with Gasteiger partial charge in [0.25, 0.3) is 5.91 Å². The Morgan fingerprint density at radius 1 is 1.14 bits per heavy atom. The number of nitrogens with one attached hydrogen (secondary N) is 1. The van der Waals surface area contributed by atoms with Crippen LogP contribution in [0.1, 0.15) is 10.4 Å². The number of rotatable bonds is 5. The van der Waals surface area contributed by atoms with E-state index in [-0.39, 0.29) is 0 Å². The maximum atomic E-state index is 12.7. The van der Waals surface area contributed by atoms with Crippen LogP contribution in [0, 0.1) is 0 Å². The largest absolute Gasteiger partial charge is 0.452 e. The summed E-state index contributed by atoms with van der Waals surface area (Å²) in [6, 6.07) is 12.6. The molecule has 0 saturated heterocycles. The zero-order valence-corrected chi connectivity index (χ0v) is 17.2. The van der Waals surface area contributed by atoms with Gasteiger partial charge in [0, 0.05) is 23.3 Å². The van der Waals surface area contributed by atoms with E-state index in [0.717, 1.165) is 9.35 Å². The molecule has 1 amide bonds. The first-order valence-corrected chi connectivity index (χ1v) is 10.1. The average molecular weight is 469 g/mol. The van der Waals surface area contributed by atoms with Crippen LogP contribution in [0.4, 0.5) is 5.13 Å². The van der Waals surface area contributed by atoms with Gasteiger partial charge < -0.3 is 4.74 Å². The van der Waals surface area contributed by atoms with Crippen molar-refractivity contribution < 1.29 is 14.3 Å². The lowest BCUT2D eigenvalue weighted by molar-refractivity contribution is -0.119. The Morgan fingerprint density at radius 2 is 1.93 bits per heavy atom. The molecular weight excluding hydrogens is 456 g/mol. The van der Waals surface area contributed by atoms with Gasteiger partial charge in [-0.25, -0.2) is 14.8 Å². The molecule has 0 spiro atoms. The number of para-hydroxylation sites is 1. The number of halogens is 1. The predicted molar refractivity (Wildman–Crippen MR) is 114 cm³/mol. The van der Waals surface area contributed by atoms with Crippen molar-refractivity contribution in [1.29, 1.82) is 0 Å². The van der Waals surface area contributed by atoms with Gasteiger partial charge in [0.2, 0.25) is 0 Å². The third kappa shape index (κ3) is 4.47. The Hall–Kier alpha value is -3.17. The molecule has 0 bridgehead atoms. The van der Waals surface area contributed by atoms with E-state index < -0.39 is 18.5 Å². The highest BCUT2D eigenvalue weighted by molar-refractivity contribution is 9.11. The van der Waals surface area contributed by atoms with Crippen LogP contribution in [0.2, 0.25) is 0 Å². The van der Waals surface area contributed by atoms with Crippen LogP contribution >= 0.6 is 27.3 Å². The van der Waals surface area contributed by atoms with Crippen molar-refractivity contribution in [2.45, 2.75) is 0 Å². The second kappa shape index (κ2) is 8.46. The van der Waals surface area contributed by atoms with E-state index in [1.807, 2.05) is 30.3 Å². The Morgan fingerprint density at radius 3 is 2.69 bits per heavy atom. The van der Waals surface area contributed by atoms with E-state index in [1.54, 1.807) is 30.7 Å². The molecule has 0 unspecified atom stereocenters. The van der Waals surface area contributed by atoms with Gasteiger partial charge in [-0.2, -0.15) is 0 Å². The van der Waals surface area contributed by atoms with Crippen LogP contribution in [0.3, 0.4) is 0 Å². The van der Waals surface area contributed by atoms with Crippen molar-refractivity contribution in [3.05, 3.63) is 70.4 Å². The summed E-state index contributed by atoms with van der Waals surface area (Å²) in [6.07, 6.45) is 4.90. The number of fused-ring (bicyclic) bond motifs is 1. The first-order valence-electron chi connectivity index (χ1n) is 8.48. The van der Waals surface area contributed by atoms with Crippen molar-refractivity contribution in [3.63, 3.8) is 0 Å². The number of ether oxygens (including phenoxy) is 1. The molecule has 0 aliphatic carbocycles. The monoisotopic (exact) mass is 468 g/mol. The molecule has 7 nitrogen and oxygen atoms in total. The second-order valence-corrected chi connectivity index (χ2v) is 8.31. The topological polar surface area (TPSA) is 94.1 Å². The van der Waals surface area contributed by atoms with E-state index in [9.17, 15) is 9.59 Å². The number of anilines is 1. The molecule has 3 heterocycles. The number of pyridine rings is 2. The minimum Gasteiger partial charge on any atom is -0.452 e. The highest BCUT2D eigenvalue weighted by Crippen LogP contribution is 2.25. The first kappa shape index (κ1) is 19.2. The molecule has 0 aliphatic rings. The van der Waals surface area contributed by atoms with Crippen molar-refractivity contribution in [2.24, 2.45) is 0 Å². The molecule has 4 rings (SSSR count). The minimum absolute atomic E-state index is 0.340. The number of aromatic nitrogens is 3. The van der Waals surface area contributed by atoms with Gasteiger partial charge in [-0.15, -0.1) is 0 Å². The van der Waals surface area contributed by atoms with Gasteiger partial charge in [-0.1, -0.05) is 29.5 Å². The lowest BCUT2D eigenvalue weighted by Gasteiger charge is -2.10. The molecule has 3 aromatic heterocycles. The quantitative estimate of drug-likeness (QED) is 0.438. The normalized spacial score (nSPS) is 10.7. The average Bonchev–Trinajstić information content (AvgIpc) is 3.16. The van der Waals surface area contributed by atoms with Crippen molar-refractivity contribution >= 4 is 55.2 Å². The van der Waals surface area contributed by atoms with E-state index in [2.05, 4.69) is 36.2 Å². The highest BCUT2D eigenvalue weighted by Gasteiger charge is 2.17. The number of thiazole rings is 1. The summed E-state index contributed by atoms with van der Waals surface area (Å²) in [5.74, 6) is -1.07. The van der Waals surface area contributed by atoms with Gasteiger partial charge in [-0.3, -0.25) is 15.1 Å². The zero-order valence-electron chi connectivity index (χ0n) is 14.8. The van der Waals surface area contributed by atoms with Gasteiger partial charge in [0.15, 0.2) is 11.7 Å². The minimum atomic E-state index is -0.602. The maximum absolute atomic E-state index is 12.7. The number of carbonyl (C=O) groups excluding carboxylic acids is 2. The number of amides is 1. The summed E-state index contributed by atoms with van der Waals surface area (Å²) >= 11 is 4.54. The zero-order chi connectivity index (χ0) is 20.2. The van der Waals surface area contributed by atoms with Crippen molar-refractivity contribution in [2.75, 3.05) is 11.9 Å². The van der Waals surface area contributed by atoms with Crippen LogP contribution in [0.15, 0.2) is 64.8 Å². The molecule has 9 heteroatoms. The van der Waals surface area contributed by atoms with E-state index in [4.69, 9.17) is 4.74 Å². The molecule has 144 valence electrons. The Bertz CT molecular complexity index is 1200. The molecule has 1 aromatic carbocycles. The summed E-state index contributed by atoms with van der Waals surface area (Å²) in [6.45, 7) is -0.419. The molecule has 0 saturated carbocycles. The molecular formula is C20H13BrN4O3S. The fourth-order valence-electron chi connectivity index (χ4n) is 2.69. The van der Waals surface area contributed by atoms with Gasteiger partial charge >= 0.3 is 5.97 Å². The second-order valence-electron chi connectivity index (χ2n) is 5.90. The summed E-state index contributed by atoms with van der Waals surface area (Å²) in [5, 5.41) is 3.66. The smallest absolute Gasteiger partial charge is 0.339 e. The molecule has 0 atom stereocenters. The number of hydrogen-bond donors (Lipinski definition) is 1. The molecule has 4 aromatic rings. The van der Waals surface area contributed by atoms with Crippen molar-refractivity contribution in [1.82, 2.24) is 15.0 Å². The number of carbonyl (C=O) groups is 2. The van der Waals surface area contributed by atoms with Gasteiger partial charge in [0.05, 0.1) is 26.8 Å². The summed E-state index contributed by atoms with van der Waals surface area (Å²) in [4.78, 5) is 37.4. The SMILES string of the molecule is O=C(COC(=O)c1cc(-c2ccncc2)nc2ccccc12)Nc1ncc(Br)s1. The van der Waals surface area contributed by atoms with Gasteiger partial charge in [0.1, 0.15) is 0 Å². The van der Waals surface area contributed by atoms with Crippen LogP contribution in [-0.4, -0.2) is 33.4 Å². The van der Waals surface area contributed by atoms with Crippen molar-refractivity contribution in [3.8, 4) is 11.3 Å². The Balaban J connectivity index is 1.57. The van der Waals surface area contributed by atoms with E-state index in [0.29, 0.717) is 27.3 Å². The standard InChI is InChI=1S/C20H13BrN4O3S/c21-17-10-23-20(29-17)25-18(26)11-28-19(27)14-9-16(12-5-7-22-8-6-12)24-15-4-2-1-3-13(14)15/h1-10H,11H2,(H,23,25,26). The molecule has 29 heavy (non-hydrogen) atoms. The molecule has 0 radical (unpaired) electrons. The maximum Gasteiger partial charge on any atom is 0.339 e. The first-order chi connectivity index (χ1) is 14.1. The number of hydrogen-bond acceptors (Lipinski definition) is 7. The number of benzene rings is 1. The fourth-order valence-corrected chi connectivity index (χ4v) is 3.81. The Labute approximate surface area is 177 Å². The highest BCUT2D eigenvalue weighted by atomic mass is 79.9. The molecule has 1 N–H and O–H groups in total. The summed E-state index contributed by atoms with van der Waals surface area (Å²) < 4.78 is 6.03. The number of esters is 1. The fraction of sp³-hybridized carbons (Fsp3) is 0.0500. The van der Waals surface area contributed by atoms with Crippen LogP contribution in [0.25, 0.3) is 22.2 Å². The van der Waals surface area contributed by atoms with Crippen LogP contribution in [-0.2, 0) is 9.53 Å². The van der Waals surface area contributed by atoms with Gasteiger partial charge in [-0.05, 0) is 40.2 Å². The predicted octanol–water partition coefficient (Wildman–Crippen LogP) is 4.31. The Kier molecular flexibility index (Phi) is 5.59.